The molecule has 1 rings (SSSR count). The van der Waals surface area contributed by atoms with E-state index in [1.54, 1.807) is 24.3 Å². The van der Waals surface area contributed by atoms with Gasteiger partial charge in [0.1, 0.15) is 0 Å². The van der Waals surface area contributed by atoms with E-state index >= 15 is 0 Å². The van der Waals surface area contributed by atoms with Crippen LogP contribution >= 0.6 is 11.6 Å². The number of halogens is 1. The van der Waals surface area contributed by atoms with Gasteiger partial charge in [0.15, 0.2) is 0 Å². The van der Waals surface area contributed by atoms with E-state index in [1.807, 2.05) is 6.07 Å². The summed E-state index contributed by atoms with van der Waals surface area (Å²) in [6.07, 6.45) is 0. The van der Waals surface area contributed by atoms with E-state index in [0.717, 1.165) is 12.1 Å². The molecule has 16 heavy (non-hydrogen) atoms. The van der Waals surface area contributed by atoms with Crippen molar-refractivity contribution in [3.05, 3.63) is 41.4 Å². The Labute approximate surface area is 103 Å². The smallest absolute Gasteiger partial charge is 0.0991 e. The highest BCUT2D eigenvalue weighted by Crippen LogP contribution is 2.16. The van der Waals surface area contributed by atoms with Crippen LogP contribution < -0.4 is 0 Å². The van der Waals surface area contributed by atoms with Crippen molar-refractivity contribution in [1.29, 1.82) is 5.26 Å². The minimum atomic E-state index is 0.438. The van der Waals surface area contributed by atoms with Crippen LogP contribution in [0.25, 0.3) is 5.57 Å². The van der Waals surface area contributed by atoms with Gasteiger partial charge in [-0.05, 0) is 38.3 Å². The van der Waals surface area contributed by atoms with Crippen LogP contribution in [0.15, 0.2) is 30.8 Å². The number of nitrogens with zero attached hydrogens (tertiary/aromatic N) is 2. The third-order valence-electron chi connectivity index (χ3n) is 1.94. The van der Waals surface area contributed by atoms with E-state index in [-0.39, 0.29) is 0 Å². The van der Waals surface area contributed by atoms with Crippen LogP contribution in [0.4, 0.5) is 0 Å². The molecule has 0 heterocycles. The first kappa shape index (κ1) is 14.7. The van der Waals surface area contributed by atoms with E-state index in [0.29, 0.717) is 10.6 Å². The first-order valence-corrected chi connectivity index (χ1v) is 5.38. The van der Waals surface area contributed by atoms with E-state index in [1.165, 1.54) is 0 Å². The molecule has 0 spiro atoms. The van der Waals surface area contributed by atoms with Gasteiger partial charge in [0.2, 0.25) is 0 Å². The van der Waals surface area contributed by atoms with Crippen LogP contribution in [0.5, 0.6) is 0 Å². The number of benzene rings is 1. The summed E-state index contributed by atoms with van der Waals surface area (Å²) in [6.45, 7) is 6.83. The molecule has 0 aliphatic rings. The first-order valence-electron chi connectivity index (χ1n) is 5.01. The van der Waals surface area contributed by atoms with Gasteiger partial charge in [0, 0.05) is 5.02 Å². The molecular formula is C13H17ClN2. The Morgan fingerprint density at radius 1 is 1.50 bits per heavy atom. The van der Waals surface area contributed by atoms with E-state index in [9.17, 15) is 0 Å². The summed E-state index contributed by atoms with van der Waals surface area (Å²) >= 11 is 5.70. The molecule has 0 saturated carbocycles. The van der Waals surface area contributed by atoms with Crippen molar-refractivity contribution in [2.24, 2.45) is 0 Å². The fraction of sp³-hybridized carbons (Fsp3) is 0.308. The zero-order valence-electron chi connectivity index (χ0n) is 10.00. The predicted octanol–water partition coefficient (Wildman–Crippen LogP) is 3.44. The summed E-state index contributed by atoms with van der Waals surface area (Å²) < 4.78 is 0. The second kappa shape index (κ2) is 7.92. The van der Waals surface area contributed by atoms with Gasteiger partial charge in [-0.2, -0.15) is 5.26 Å². The molecule has 0 saturated heterocycles. The lowest BCUT2D eigenvalue weighted by molar-refractivity contribution is 0.434. The Morgan fingerprint density at radius 2 is 2.06 bits per heavy atom. The molecule has 0 aromatic heterocycles. The number of allylic oxidation sites excluding steroid dienone is 1. The molecule has 0 unspecified atom stereocenters. The second-order valence-electron chi connectivity index (χ2n) is 3.50. The summed E-state index contributed by atoms with van der Waals surface area (Å²) in [7, 11) is 4.11. The van der Waals surface area contributed by atoms with Crippen molar-refractivity contribution < 1.29 is 0 Å². The van der Waals surface area contributed by atoms with Gasteiger partial charge >= 0.3 is 0 Å². The average Bonchev–Trinajstić information content (AvgIpc) is 2.28. The van der Waals surface area contributed by atoms with Crippen LogP contribution in [-0.4, -0.2) is 25.5 Å². The largest absolute Gasteiger partial charge is 0.310 e. The molecule has 0 aliphatic heterocycles. The topological polar surface area (TPSA) is 27.0 Å². The number of rotatable bonds is 2. The van der Waals surface area contributed by atoms with Crippen LogP contribution in [0, 0.1) is 11.3 Å². The van der Waals surface area contributed by atoms with E-state index < -0.39 is 0 Å². The number of hydrogen-bond donors (Lipinski definition) is 0. The number of nitriles is 1. The summed E-state index contributed by atoms with van der Waals surface area (Å²) in [5.74, 6) is 0. The minimum Gasteiger partial charge on any atom is -0.310 e. The highest BCUT2D eigenvalue weighted by molar-refractivity contribution is 6.30. The molecule has 0 amide bonds. The molecule has 3 heteroatoms. The van der Waals surface area contributed by atoms with Crippen molar-refractivity contribution in [3.63, 3.8) is 0 Å². The molecular weight excluding hydrogens is 220 g/mol. The van der Waals surface area contributed by atoms with Crippen molar-refractivity contribution in [3.8, 4) is 6.07 Å². The number of hydrogen-bond acceptors (Lipinski definition) is 2. The van der Waals surface area contributed by atoms with Gasteiger partial charge in [-0.1, -0.05) is 37.2 Å². The summed E-state index contributed by atoms with van der Waals surface area (Å²) in [5, 5.41) is 9.11. The molecule has 0 radical (unpaired) electrons. The molecule has 0 aliphatic carbocycles. The Hall–Kier alpha value is -1.30. The lowest BCUT2D eigenvalue weighted by Gasteiger charge is -2.00. The standard InChI is InChI=1S/C9H6ClN.C4H11N/c1-7(6-11)8-3-2-4-9(10)5-8;1-4-5(2)3/h2-5H,1H2;4H2,1-3H3. The van der Waals surface area contributed by atoms with Gasteiger partial charge in [0.05, 0.1) is 11.6 Å². The van der Waals surface area contributed by atoms with Gasteiger partial charge in [-0.3, -0.25) is 0 Å². The van der Waals surface area contributed by atoms with Crippen LogP contribution in [0.2, 0.25) is 5.02 Å². The minimum absolute atomic E-state index is 0.438. The molecule has 0 fully saturated rings. The highest BCUT2D eigenvalue weighted by atomic mass is 35.5. The fourth-order valence-corrected chi connectivity index (χ4v) is 0.931. The molecule has 1 aromatic carbocycles. The molecule has 2 nitrogen and oxygen atoms in total. The summed E-state index contributed by atoms with van der Waals surface area (Å²) in [4.78, 5) is 2.12. The Bertz CT molecular complexity index is 378. The Morgan fingerprint density at radius 3 is 2.44 bits per heavy atom. The van der Waals surface area contributed by atoms with Gasteiger partial charge in [-0.25, -0.2) is 0 Å². The van der Waals surface area contributed by atoms with Crippen molar-refractivity contribution >= 4 is 17.2 Å². The van der Waals surface area contributed by atoms with Gasteiger partial charge in [0.25, 0.3) is 0 Å². The molecule has 0 N–H and O–H groups in total. The van der Waals surface area contributed by atoms with Crippen LogP contribution in [-0.2, 0) is 0 Å². The highest BCUT2D eigenvalue weighted by Gasteiger charge is 1.96. The van der Waals surface area contributed by atoms with Crippen molar-refractivity contribution in [2.75, 3.05) is 20.6 Å². The lowest BCUT2D eigenvalue weighted by Crippen LogP contribution is -2.08. The van der Waals surface area contributed by atoms with Crippen molar-refractivity contribution in [1.82, 2.24) is 4.90 Å². The summed E-state index contributed by atoms with van der Waals surface area (Å²) in [6, 6.07) is 9.03. The Kier molecular flexibility index (Phi) is 7.28. The molecule has 0 atom stereocenters. The SMILES string of the molecule is C=C(C#N)c1cccc(Cl)c1.CCN(C)C. The third kappa shape index (κ3) is 6.23. The lowest BCUT2D eigenvalue weighted by atomic mass is 10.1. The van der Waals surface area contributed by atoms with Crippen LogP contribution in [0.1, 0.15) is 12.5 Å². The molecule has 86 valence electrons. The fourth-order valence-electron chi connectivity index (χ4n) is 0.741. The third-order valence-corrected chi connectivity index (χ3v) is 2.18. The van der Waals surface area contributed by atoms with Crippen LogP contribution in [0.3, 0.4) is 0 Å². The normalized spacial score (nSPS) is 9.00. The Balaban J connectivity index is 0.000000385. The molecule has 1 aromatic rings. The van der Waals surface area contributed by atoms with E-state index in [2.05, 4.69) is 32.5 Å². The van der Waals surface area contributed by atoms with Gasteiger partial charge in [-0.15, -0.1) is 0 Å². The zero-order chi connectivity index (χ0) is 12.6. The quantitative estimate of drug-likeness (QED) is 0.736. The van der Waals surface area contributed by atoms with Crippen molar-refractivity contribution in [2.45, 2.75) is 6.92 Å². The maximum atomic E-state index is 8.49. The van der Waals surface area contributed by atoms with E-state index in [4.69, 9.17) is 16.9 Å². The monoisotopic (exact) mass is 236 g/mol. The molecule has 0 bridgehead atoms. The first-order chi connectivity index (χ1) is 7.51. The predicted molar refractivity (Wildman–Crippen MR) is 70.3 cm³/mol. The second-order valence-corrected chi connectivity index (χ2v) is 3.93. The maximum Gasteiger partial charge on any atom is 0.0991 e. The zero-order valence-corrected chi connectivity index (χ0v) is 10.8. The summed E-state index contributed by atoms with van der Waals surface area (Å²) in [5.41, 5.74) is 1.22. The maximum absolute atomic E-state index is 8.49. The average molecular weight is 237 g/mol. The van der Waals surface area contributed by atoms with Gasteiger partial charge < -0.3 is 4.90 Å².